The van der Waals surface area contributed by atoms with Crippen molar-refractivity contribution in [3.8, 4) is 5.75 Å². The summed E-state index contributed by atoms with van der Waals surface area (Å²) >= 11 is 0. The Hall–Kier alpha value is -1.59. The molecule has 5 heteroatoms. The molecule has 1 spiro atoms. The van der Waals surface area contributed by atoms with Crippen molar-refractivity contribution in [1.82, 2.24) is 4.90 Å². The number of ether oxygens (including phenoxy) is 3. The van der Waals surface area contributed by atoms with Gasteiger partial charge in [-0.2, -0.15) is 0 Å². The lowest BCUT2D eigenvalue weighted by Crippen LogP contribution is -2.47. The molecule has 5 nitrogen and oxygen atoms in total. The highest BCUT2D eigenvalue weighted by molar-refractivity contribution is 5.77. The highest BCUT2D eigenvalue weighted by Crippen LogP contribution is 2.45. The third-order valence-electron chi connectivity index (χ3n) is 6.12. The summed E-state index contributed by atoms with van der Waals surface area (Å²) in [7, 11) is 1.70. The van der Waals surface area contributed by atoms with Crippen LogP contribution >= 0.6 is 0 Å². The fourth-order valence-electron chi connectivity index (χ4n) is 4.39. The van der Waals surface area contributed by atoms with Crippen LogP contribution in [0.15, 0.2) is 18.2 Å². The number of benzene rings is 1. The smallest absolute Gasteiger partial charge is 0.223 e. The van der Waals surface area contributed by atoms with Gasteiger partial charge in [0, 0.05) is 32.4 Å². The first-order valence-corrected chi connectivity index (χ1v) is 9.80. The van der Waals surface area contributed by atoms with Gasteiger partial charge in [-0.15, -0.1) is 0 Å². The van der Waals surface area contributed by atoms with E-state index in [0.717, 1.165) is 37.2 Å². The molecule has 0 aromatic heterocycles. The lowest BCUT2D eigenvalue weighted by molar-refractivity contribution is -0.187. The van der Waals surface area contributed by atoms with Crippen LogP contribution in [-0.2, 0) is 14.3 Å². The molecule has 1 amide bonds. The standard InChI is InChI=1S/C21H29NO4/c1-15-13-17(5-6-19(15)24-2)18(16-3-4-16)14-20(23)22-9-7-21(8-10-22)25-11-12-26-21/h5-6,13,16,18H,3-4,7-12,14H2,1-2H3. The summed E-state index contributed by atoms with van der Waals surface area (Å²) in [4.78, 5) is 14.9. The topological polar surface area (TPSA) is 48.0 Å². The molecule has 0 N–H and O–H groups in total. The molecule has 142 valence electrons. The van der Waals surface area contributed by atoms with Gasteiger partial charge in [-0.25, -0.2) is 0 Å². The Morgan fingerprint density at radius 2 is 1.96 bits per heavy atom. The van der Waals surface area contributed by atoms with Crippen LogP contribution in [0.2, 0.25) is 0 Å². The molecule has 2 saturated heterocycles. The predicted molar refractivity (Wildman–Crippen MR) is 98.3 cm³/mol. The molecule has 1 aliphatic carbocycles. The van der Waals surface area contributed by atoms with Crippen LogP contribution in [0.3, 0.4) is 0 Å². The maximum atomic E-state index is 12.9. The minimum atomic E-state index is -0.417. The van der Waals surface area contributed by atoms with E-state index in [1.807, 2.05) is 11.0 Å². The lowest BCUT2D eigenvalue weighted by Gasteiger charge is -2.38. The van der Waals surface area contributed by atoms with Gasteiger partial charge in [0.15, 0.2) is 5.79 Å². The monoisotopic (exact) mass is 359 g/mol. The summed E-state index contributed by atoms with van der Waals surface area (Å²) in [5.74, 6) is 1.72. The maximum absolute atomic E-state index is 12.9. The number of likely N-dealkylation sites (tertiary alicyclic amines) is 1. The van der Waals surface area contributed by atoms with Crippen molar-refractivity contribution in [2.45, 2.75) is 50.7 Å². The van der Waals surface area contributed by atoms with Crippen LogP contribution < -0.4 is 4.74 Å². The Morgan fingerprint density at radius 3 is 2.54 bits per heavy atom. The summed E-state index contributed by atoms with van der Waals surface area (Å²) in [6.45, 7) is 4.89. The summed E-state index contributed by atoms with van der Waals surface area (Å²) in [6.07, 6.45) is 4.63. The molecule has 2 aliphatic heterocycles. The molecule has 1 aromatic carbocycles. The molecular formula is C21H29NO4. The van der Waals surface area contributed by atoms with Crippen LogP contribution in [0, 0.1) is 12.8 Å². The van der Waals surface area contributed by atoms with Crippen LogP contribution in [0.4, 0.5) is 0 Å². The van der Waals surface area contributed by atoms with Gasteiger partial charge in [-0.1, -0.05) is 12.1 Å². The number of carbonyl (C=O) groups excluding carboxylic acids is 1. The molecule has 1 aromatic rings. The third kappa shape index (κ3) is 3.60. The Bertz CT molecular complexity index is 654. The van der Waals surface area contributed by atoms with Gasteiger partial charge in [0.1, 0.15) is 5.75 Å². The Labute approximate surface area is 155 Å². The second kappa shape index (κ2) is 7.20. The molecule has 1 saturated carbocycles. The molecule has 4 rings (SSSR count). The van der Waals surface area contributed by atoms with Crippen molar-refractivity contribution >= 4 is 5.91 Å². The highest BCUT2D eigenvalue weighted by Gasteiger charge is 2.41. The van der Waals surface area contributed by atoms with Gasteiger partial charge >= 0.3 is 0 Å². The van der Waals surface area contributed by atoms with Crippen molar-refractivity contribution in [3.05, 3.63) is 29.3 Å². The van der Waals surface area contributed by atoms with Crippen LogP contribution in [0.1, 0.15) is 49.1 Å². The van der Waals surface area contributed by atoms with E-state index in [9.17, 15) is 4.79 Å². The second-order valence-corrected chi connectivity index (χ2v) is 7.87. The number of hydrogen-bond acceptors (Lipinski definition) is 4. The average Bonchev–Trinajstić information content (AvgIpc) is 3.40. The zero-order valence-electron chi connectivity index (χ0n) is 15.8. The molecule has 26 heavy (non-hydrogen) atoms. The molecular weight excluding hydrogens is 330 g/mol. The van der Waals surface area contributed by atoms with E-state index in [0.29, 0.717) is 31.5 Å². The number of piperidine rings is 1. The molecule has 3 aliphatic rings. The molecule has 3 fully saturated rings. The predicted octanol–water partition coefficient (Wildman–Crippen LogP) is 3.25. The first-order valence-electron chi connectivity index (χ1n) is 9.80. The first-order chi connectivity index (χ1) is 12.6. The van der Waals surface area contributed by atoms with Crippen molar-refractivity contribution < 1.29 is 19.0 Å². The summed E-state index contributed by atoms with van der Waals surface area (Å²) in [6, 6.07) is 6.36. The van der Waals surface area contributed by atoms with Gasteiger partial charge in [0.25, 0.3) is 0 Å². The normalized spacial score (nSPS) is 23.2. The van der Waals surface area contributed by atoms with E-state index < -0.39 is 5.79 Å². The minimum absolute atomic E-state index is 0.267. The number of nitrogens with zero attached hydrogens (tertiary/aromatic N) is 1. The zero-order chi connectivity index (χ0) is 18.1. The molecule has 0 radical (unpaired) electrons. The second-order valence-electron chi connectivity index (χ2n) is 7.87. The fraction of sp³-hybridized carbons (Fsp3) is 0.667. The van der Waals surface area contributed by atoms with Gasteiger partial charge in [-0.3, -0.25) is 4.79 Å². The zero-order valence-corrected chi connectivity index (χ0v) is 15.8. The maximum Gasteiger partial charge on any atom is 0.223 e. The summed E-state index contributed by atoms with van der Waals surface area (Å²) in [5.41, 5.74) is 2.41. The van der Waals surface area contributed by atoms with Crippen molar-refractivity contribution in [2.24, 2.45) is 5.92 Å². The minimum Gasteiger partial charge on any atom is -0.496 e. The molecule has 1 unspecified atom stereocenters. The Balaban J connectivity index is 1.41. The average molecular weight is 359 g/mol. The van der Waals surface area contributed by atoms with E-state index in [2.05, 4.69) is 19.1 Å². The quantitative estimate of drug-likeness (QED) is 0.810. The van der Waals surface area contributed by atoms with E-state index >= 15 is 0 Å². The first kappa shape index (κ1) is 17.8. The summed E-state index contributed by atoms with van der Waals surface area (Å²) < 4.78 is 16.9. The summed E-state index contributed by atoms with van der Waals surface area (Å²) in [5, 5.41) is 0. The molecule has 2 heterocycles. The molecule has 0 bridgehead atoms. The van der Waals surface area contributed by atoms with E-state index in [4.69, 9.17) is 14.2 Å². The van der Waals surface area contributed by atoms with Crippen LogP contribution in [-0.4, -0.2) is 50.0 Å². The number of methoxy groups -OCH3 is 1. The largest absolute Gasteiger partial charge is 0.496 e. The van der Waals surface area contributed by atoms with Gasteiger partial charge in [-0.05, 0) is 48.8 Å². The van der Waals surface area contributed by atoms with E-state index in [-0.39, 0.29) is 5.91 Å². The van der Waals surface area contributed by atoms with Gasteiger partial charge in [0.05, 0.1) is 20.3 Å². The number of carbonyl (C=O) groups is 1. The number of aryl methyl sites for hydroxylation is 1. The Kier molecular flexibility index (Phi) is 4.93. The highest BCUT2D eigenvalue weighted by atomic mass is 16.7. The van der Waals surface area contributed by atoms with Crippen molar-refractivity contribution in [2.75, 3.05) is 33.4 Å². The van der Waals surface area contributed by atoms with Gasteiger partial charge < -0.3 is 19.1 Å². The van der Waals surface area contributed by atoms with Crippen molar-refractivity contribution in [3.63, 3.8) is 0 Å². The van der Waals surface area contributed by atoms with Crippen LogP contribution in [0.5, 0.6) is 5.75 Å². The van der Waals surface area contributed by atoms with Crippen LogP contribution in [0.25, 0.3) is 0 Å². The number of hydrogen-bond donors (Lipinski definition) is 0. The van der Waals surface area contributed by atoms with Gasteiger partial charge in [0.2, 0.25) is 5.91 Å². The van der Waals surface area contributed by atoms with E-state index in [1.165, 1.54) is 18.4 Å². The fourth-order valence-corrected chi connectivity index (χ4v) is 4.39. The lowest BCUT2D eigenvalue weighted by atomic mass is 9.89. The molecule has 1 atom stereocenters. The van der Waals surface area contributed by atoms with E-state index in [1.54, 1.807) is 7.11 Å². The Morgan fingerprint density at radius 1 is 1.27 bits per heavy atom. The van der Waals surface area contributed by atoms with Crippen molar-refractivity contribution in [1.29, 1.82) is 0 Å². The number of rotatable bonds is 5. The number of amides is 1. The SMILES string of the molecule is COc1ccc(C(CC(=O)N2CCC3(CC2)OCCO3)C2CC2)cc1C. The third-order valence-corrected chi connectivity index (χ3v) is 6.12.